The standard InChI is InChI=1S/C19H21N3O2/c23-18-10-16(13-22(18)11-14-4-2-1-3-5-14)19(24)21-9-7-17-15(12-21)6-8-20-17/h1-6,8,16,20H,7,9-13H2. The third-order valence-corrected chi connectivity index (χ3v) is 5.01. The van der Waals surface area contributed by atoms with E-state index in [1.165, 1.54) is 11.3 Å². The Morgan fingerprint density at radius 2 is 2.04 bits per heavy atom. The number of fused-ring (bicyclic) bond motifs is 1. The molecule has 5 nitrogen and oxygen atoms in total. The van der Waals surface area contributed by atoms with E-state index in [0.29, 0.717) is 26.1 Å². The quantitative estimate of drug-likeness (QED) is 0.938. The van der Waals surface area contributed by atoms with Crippen molar-refractivity contribution in [2.45, 2.75) is 25.9 Å². The van der Waals surface area contributed by atoms with Crippen molar-refractivity contribution in [1.82, 2.24) is 14.8 Å². The molecule has 2 amide bonds. The van der Waals surface area contributed by atoms with Crippen molar-refractivity contribution in [3.8, 4) is 0 Å². The lowest BCUT2D eigenvalue weighted by atomic mass is 10.0. The van der Waals surface area contributed by atoms with Gasteiger partial charge in [0.25, 0.3) is 0 Å². The van der Waals surface area contributed by atoms with Gasteiger partial charge in [-0.05, 0) is 17.2 Å². The van der Waals surface area contributed by atoms with Crippen LogP contribution in [0.4, 0.5) is 0 Å². The van der Waals surface area contributed by atoms with Crippen LogP contribution in [0.3, 0.4) is 0 Å². The fourth-order valence-corrected chi connectivity index (χ4v) is 3.69. The molecule has 4 rings (SSSR count). The number of H-pyrrole nitrogens is 1. The molecule has 0 spiro atoms. The van der Waals surface area contributed by atoms with E-state index in [0.717, 1.165) is 18.5 Å². The second-order valence-corrected chi connectivity index (χ2v) is 6.65. The summed E-state index contributed by atoms with van der Waals surface area (Å²) in [7, 11) is 0. The Morgan fingerprint density at radius 3 is 2.88 bits per heavy atom. The molecule has 1 aromatic carbocycles. The molecule has 0 bridgehead atoms. The number of nitrogens with zero attached hydrogens (tertiary/aromatic N) is 2. The summed E-state index contributed by atoms with van der Waals surface area (Å²) in [5.74, 6) is -0.0102. The van der Waals surface area contributed by atoms with E-state index in [4.69, 9.17) is 0 Å². The molecule has 24 heavy (non-hydrogen) atoms. The molecule has 2 aliphatic rings. The molecule has 1 atom stereocenters. The highest BCUT2D eigenvalue weighted by atomic mass is 16.2. The van der Waals surface area contributed by atoms with E-state index in [1.807, 2.05) is 52.4 Å². The van der Waals surface area contributed by atoms with Gasteiger partial charge in [0.1, 0.15) is 0 Å². The van der Waals surface area contributed by atoms with Gasteiger partial charge in [0.05, 0.1) is 5.92 Å². The van der Waals surface area contributed by atoms with Crippen molar-refractivity contribution in [1.29, 1.82) is 0 Å². The van der Waals surface area contributed by atoms with Gasteiger partial charge >= 0.3 is 0 Å². The Hall–Kier alpha value is -2.56. The normalized spacial score (nSPS) is 20.3. The van der Waals surface area contributed by atoms with Crippen molar-refractivity contribution in [3.05, 3.63) is 59.4 Å². The molecule has 0 aliphatic carbocycles. The summed E-state index contributed by atoms with van der Waals surface area (Å²) in [6.45, 7) is 2.51. The molecule has 0 saturated carbocycles. The highest BCUT2D eigenvalue weighted by molar-refractivity contribution is 5.89. The van der Waals surface area contributed by atoms with Crippen LogP contribution < -0.4 is 0 Å². The summed E-state index contributed by atoms with van der Waals surface area (Å²) < 4.78 is 0. The van der Waals surface area contributed by atoms with Gasteiger partial charge < -0.3 is 14.8 Å². The van der Waals surface area contributed by atoms with E-state index in [-0.39, 0.29) is 17.7 Å². The van der Waals surface area contributed by atoms with E-state index < -0.39 is 0 Å². The minimum absolute atomic E-state index is 0.0801. The number of aromatic amines is 1. The number of amides is 2. The Balaban J connectivity index is 1.40. The van der Waals surface area contributed by atoms with Gasteiger partial charge in [-0.1, -0.05) is 30.3 Å². The number of likely N-dealkylation sites (tertiary alicyclic amines) is 1. The highest BCUT2D eigenvalue weighted by Gasteiger charge is 2.37. The number of hydrogen-bond acceptors (Lipinski definition) is 2. The number of aromatic nitrogens is 1. The molecular formula is C19H21N3O2. The highest BCUT2D eigenvalue weighted by Crippen LogP contribution is 2.25. The number of carbonyl (C=O) groups excluding carboxylic acids is 2. The first-order chi connectivity index (χ1) is 11.7. The molecule has 1 saturated heterocycles. The summed E-state index contributed by atoms with van der Waals surface area (Å²) in [6, 6.07) is 12.0. The minimum atomic E-state index is -0.207. The maximum absolute atomic E-state index is 12.8. The lowest BCUT2D eigenvalue weighted by molar-refractivity contribution is -0.136. The number of hydrogen-bond donors (Lipinski definition) is 1. The molecule has 1 unspecified atom stereocenters. The predicted molar refractivity (Wildman–Crippen MR) is 89.9 cm³/mol. The average molecular weight is 323 g/mol. The van der Waals surface area contributed by atoms with Gasteiger partial charge in [-0.15, -0.1) is 0 Å². The zero-order chi connectivity index (χ0) is 16.5. The number of rotatable bonds is 3. The fourth-order valence-electron chi connectivity index (χ4n) is 3.69. The average Bonchev–Trinajstić information content (AvgIpc) is 3.21. The van der Waals surface area contributed by atoms with Gasteiger partial charge in [-0.3, -0.25) is 9.59 Å². The van der Waals surface area contributed by atoms with Crippen LogP contribution in [0.1, 0.15) is 23.2 Å². The number of carbonyl (C=O) groups is 2. The summed E-state index contributed by atoms with van der Waals surface area (Å²) in [6.07, 6.45) is 3.13. The van der Waals surface area contributed by atoms with Crippen molar-refractivity contribution in [3.63, 3.8) is 0 Å². The van der Waals surface area contributed by atoms with Crippen LogP contribution >= 0.6 is 0 Å². The fraction of sp³-hybridized carbons (Fsp3) is 0.368. The van der Waals surface area contributed by atoms with Gasteiger partial charge in [-0.2, -0.15) is 0 Å². The Labute approximate surface area is 141 Å². The van der Waals surface area contributed by atoms with E-state index in [1.54, 1.807) is 0 Å². The summed E-state index contributed by atoms with van der Waals surface area (Å²) >= 11 is 0. The summed E-state index contributed by atoms with van der Waals surface area (Å²) in [5, 5.41) is 0. The summed E-state index contributed by atoms with van der Waals surface area (Å²) in [4.78, 5) is 32.0. The molecular weight excluding hydrogens is 302 g/mol. The van der Waals surface area contributed by atoms with Crippen molar-refractivity contribution in [2.75, 3.05) is 13.1 Å². The molecule has 124 valence electrons. The van der Waals surface area contributed by atoms with Crippen molar-refractivity contribution >= 4 is 11.8 Å². The predicted octanol–water partition coefficient (Wildman–Crippen LogP) is 1.95. The van der Waals surface area contributed by atoms with Gasteiger partial charge in [0.15, 0.2) is 0 Å². The monoisotopic (exact) mass is 323 g/mol. The van der Waals surface area contributed by atoms with Crippen molar-refractivity contribution < 1.29 is 9.59 Å². The van der Waals surface area contributed by atoms with E-state index >= 15 is 0 Å². The third kappa shape index (κ3) is 2.82. The van der Waals surface area contributed by atoms with Crippen LogP contribution in [0.15, 0.2) is 42.6 Å². The van der Waals surface area contributed by atoms with Gasteiger partial charge in [0.2, 0.25) is 11.8 Å². The second kappa shape index (κ2) is 6.15. The van der Waals surface area contributed by atoms with Crippen LogP contribution in [0, 0.1) is 5.92 Å². The minimum Gasteiger partial charge on any atom is -0.365 e. The topological polar surface area (TPSA) is 56.4 Å². The smallest absolute Gasteiger partial charge is 0.228 e. The van der Waals surface area contributed by atoms with Crippen molar-refractivity contribution in [2.24, 2.45) is 5.92 Å². The third-order valence-electron chi connectivity index (χ3n) is 5.01. The maximum atomic E-state index is 12.8. The SMILES string of the molecule is O=C1CC(C(=O)N2CCc3[nH]ccc3C2)CN1Cc1ccccc1. The van der Waals surface area contributed by atoms with Gasteiger partial charge in [0, 0.05) is 50.9 Å². The van der Waals surface area contributed by atoms with Crippen LogP contribution in [0.25, 0.3) is 0 Å². The van der Waals surface area contributed by atoms with Crippen LogP contribution in [0.2, 0.25) is 0 Å². The summed E-state index contributed by atoms with van der Waals surface area (Å²) in [5.41, 5.74) is 3.53. The Morgan fingerprint density at radius 1 is 1.21 bits per heavy atom. The molecule has 0 radical (unpaired) electrons. The van der Waals surface area contributed by atoms with Crippen LogP contribution in [-0.2, 0) is 29.1 Å². The molecule has 2 aromatic rings. The first kappa shape index (κ1) is 15.0. The molecule has 5 heteroatoms. The van der Waals surface area contributed by atoms with E-state index in [9.17, 15) is 9.59 Å². The lowest BCUT2D eigenvalue weighted by Gasteiger charge is -2.29. The maximum Gasteiger partial charge on any atom is 0.228 e. The van der Waals surface area contributed by atoms with Gasteiger partial charge in [-0.25, -0.2) is 0 Å². The van der Waals surface area contributed by atoms with Crippen LogP contribution in [-0.4, -0.2) is 39.7 Å². The van der Waals surface area contributed by atoms with Crippen LogP contribution in [0.5, 0.6) is 0 Å². The second-order valence-electron chi connectivity index (χ2n) is 6.65. The van der Waals surface area contributed by atoms with E-state index in [2.05, 4.69) is 4.98 Å². The first-order valence-corrected chi connectivity index (χ1v) is 8.46. The Kier molecular flexibility index (Phi) is 3.84. The molecule has 1 N–H and O–H groups in total. The first-order valence-electron chi connectivity index (χ1n) is 8.46. The molecule has 1 fully saturated rings. The Bertz CT molecular complexity index is 753. The molecule has 1 aromatic heterocycles. The lowest BCUT2D eigenvalue weighted by Crippen LogP contribution is -2.40. The zero-order valence-corrected chi connectivity index (χ0v) is 13.6. The largest absolute Gasteiger partial charge is 0.365 e. The number of benzene rings is 1. The molecule has 2 aliphatic heterocycles. The molecule has 3 heterocycles. The number of nitrogens with one attached hydrogen (secondary N) is 1. The zero-order valence-electron chi connectivity index (χ0n) is 13.6.